The maximum absolute atomic E-state index is 3.14. The van der Waals surface area contributed by atoms with E-state index in [4.69, 9.17) is 0 Å². The molecular formula is C42H46Cl2Zr-2. The average molecular weight is 713 g/mol. The van der Waals surface area contributed by atoms with Gasteiger partial charge in [-0.05, 0) is 10.8 Å². The van der Waals surface area contributed by atoms with Gasteiger partial charge in [-0.15, -0.1) is 46.2 Å². The fraction of sp³-hybridized carbons (Fsp3) is 0.286. The number of benzene rings is 4. The minimum atomic E-state index is 0. The fourth-order valence-corrected chi connectivity index (χ4v) is 5.97. The number of rotatable bonds is 3. The van der Waals surface area contributed by atoms with Gasteiger partial charge >= 0.3 is 99.2 Å². The van der Waals surface area contributed by atoms with Gasteiger partial charge in [-0.25, -0.2) is 6.08 Å². The zero-order valence-electron chi connectivity index (χ0n) is 28.0. The van der Waals surface area contributed by atoms with Crippen LogP contribution >= 0.6 is 0 Å². The molecule has 5 aromatic carbocycles. The molecule has 0 nitrogen and oxygen atoms in total. The second-order valence-electron chi connectivity index (χ2n) is 13.8. The molecule has 0 aromatic heterocycles. The summed E-state index contributed by atoms with van der Waals surface area (Å²) in [5, 5.41) is 5.48. The van der Waals surface area contributed by atoms with Gasteiger partial charge in [0.1, 0.15) is 0 Å². The first kappa shape index (κ1) is 38.7. The molecule has 0 heterocycles. The number of allylic oxidation sites excluding steroid dienone is 4. The van der Waals surface area contributed by atoms with Crippen LogP contribution in [0.2, 0.25) is 0 Å². The average Bonchev–Trinajstić information content (AvgIpc) is 3.65. The molecule has 5 aromatic rings. The molecule has 45 heavy (non-hydrogen) atoms. The van der Waals surface area contributed by atoms with Crippen LogP contribution in [0.4, 0.5) is 0 Å². The Morgan fingerprint density at radius 2 is 1.09 bits per heavy atom. The Labute approximate surface area is 299 Å². The fourth-order valence-electron chi connectivity index (χ4n) is 5.15. The zero-order valence-corrected chi connectivity index (χ0v) is 32.0. The molecule has 0 amide bonds. The van der Waals surface area contributed by atoms with Crippen LogP contribution < -0.4 is 24.8 Å². The summed E-state index contributed by atoms with van der Waals surface area (Å²) < 4.78 is 1.42. The second kappa shape index (κ2) is 16.9. The molecule has 6 rings (SSSR count). The molecule has 234 valence electrons. The van der Waals surface area contributed by atoms with Gasteiger partial charge in [0, 0.05) is 0 Å². The second-order valence-corrected chi connectivity index (χ2v) is 15.0. The van der Waals surface area contributed by atoms with E-state index in [1.165, 1.54) is 76.8 Å². The Kier molecular flexibility index (Phi) is 14.6. The van der Waals surface area contributed by atoms with Gasteiger partial charge in [-0.3, -0.25) is 6.08 Å². The summed E-state index contributed by atoms with van der Waals surface area (Å²) in [5.74, 6) is 0.685. The van der Waals surface area contributed by atoms with Gasteiger partial charge in [0.05, 0.1) is 0 Å². The molecule has 0 saturated heterocycles. The van der Waals surface area contributed by atoms with E-state index < -0.39 is 0 Å². The van der Waals surface area contributed by atoms with Crippen molar-refractivity contribution < 1.29 is 49.0 Å². The van der Waals surface area contributed by atoms with Gasteiger partial charge in [0.25, 0.3) is 0 Å². The number of hydrogen-bond acceptors (Lipinski definition) is 0. The molecule has 0 atom stereocenters. The van der Waals surface area contributed by atoms with Crippen molar-refractivity contribution in [3.8, 4) is 0 Å². The van der Waals surface area contributed by atoms with Crippen molar-refractivity contribution in [2.24, 2.45) is 5.92 Å². The number of halogens is 2. The summed E-state index contributed by atoms with van der Waals surface area (Å²) in [6, 6.07) is 37.3. The number of hydrogen-bond donors (Lipinski definition) is 0. The standard InChI is InChI=1S/C21H25.C13H10.C8H11.2ClH.Zr/c1-20(2,3)16-7-9-18-14(12-16)11-15-13-17(21(4,5)6)8-10-19(15)18;1-3-7-12(8-4-1)11-13-9-5-2-6-10-13;1-7(2)8-5-3-4-6-8;;;/h7-13H,1-6H3;1-10H;5-7H,3H2,1-2H3;2*1H;/q-1;;-1;;;+2/p-2. The molecule has 0 saturated carbocycles. The summed E-state index contributed by atoms with van der Waals surface area (Å²) in [6.07, 6.45) is 8.47. The van der Waals surface area contributed by atoms with Crippen LogP contribution in [0.15, 0.2) is 121 Å². The van der Waals surface area contributed by atoms with E-state index in [1.807, 2.05) is 0 Å². The van der Waals surface area contributed by atoms with Gasteiger partial charge in [-0.2, -0.15) is 11.6 Å². The quantitative estimate of drug-likeness (QED) is 0.219. The molecule has 3 heteroatoms. The molecule has 0 unspecified atom stereocenters. The molecule has 0 spiro atoms. The van der Waals surface area contributed by atoms with Crippen LogP contribution in [0, 0.1) is 12.0 Å². The third-order valence-electron chi connectivity index (χ3n) is 7.95. The Bertz CT molecular complexity index is 1610. The van der Waals surface area contributed by atoms with Crippen molar-refractivity contribution in [3.05, 3.63) is 149 Å². The van der Waals surface area contributed by atoms with Crippen molar-refractivity contribution >= 4 is 24.8 Å². The predicted molar refractivity (Wildman–Crippen MR) is 186 cm³/mol. The Morgan fingerprint density at radius 1 is 0.667 bits per heavy atom. The first-order valence-corrected chi connectivity index (χ1v) is 16.7. The van der Waals surface area contributed by atoms with Crippen LogP contribution in [0.5, 0.6) is 0 Å². The van der Waals surface area contributed by atoms with E-state index in [-0.39, 0.29) is 35.6 Å². The van der Waals surface area contributed by atoms with Crippen molar-refractivity contribution in [2.75, 3.05) is 0 Å². The van der Waals surface area contributed by atoms with E-state index in [2.05, 4.69) is 177 Å². The molecule has 0 radical (unpaired) electrons. The summed E-state index contributed by atoms with van der Waals surface area (Å²) in [5.41, 5.74) is 7.31. The SMILES string of the molecule is CC(C)(C)c1ccc2c(c1)[cH-]c1cc(C(C)(C)C)ccc12.CC(C)C1=CC[C-]=C1.[Cl-].[Cl-].[Zr+2]=[C](c1ccccc1)c1ccccc1. The first-order chi connectivity index (χ1) is 20.3. The van der Waals surface area contributed by atoms with Crippen molar-refractivity contribution in [3.63, 3.8) is 0 Å². The van der Waals surface area contributed by atoms with Gasteiger partial charge < -0.3 is 24.8 Å². The van der Waals surface area contributed by atoms with Crippen LogP contribution in [-0.2, 0) is 35.1 Å². The molecule has 0 N–H and O–H groups in total. The summed E-state index contributed by atoms with van der Waals surface area (Å²) >= 11 is 1.46. The third-order valence-corrected chi connectivity index (χ3v) is 9.37. The topological polar surface area (TPSA) is 0 Å². The van der Waals surface area contributed by atoms with E-state index in [0.717, 1.165) is 6.42 Å². The van der Waals surface area contributed by atoms with E-state index in [9.17, 15) is 0 Å². The summed E-state index contributed by atoms with van der Waals surface area (Å²) in [7, 11) is 0. The van der Waals surface area contributed by atoms with Crippen molar-refractivity contribution in [1.82, 2.24) is 0 Å². The van der Waals surface area contributed by atoms with Crippen LogP contribution in [0.3, 0.4) is 0 Å². The van der Waals surface area contributed by atoms with E-state index >= 15 is 0 Å². The Morgan fingerprint density at radius 3 is 1.40 bits per heavy atom. The van der Waals surface area contributed by atoms with Gasteiger partial charge in [0.15, 0.2) is 0 Å². The number of fused-ring (bicyclic) bond motifs is 3. The van der Waals surface area contributed by atoms with Crippen LogP contribution in [-0.4, -0.2) is 3.21 Å². The maximum atomic E-state index is 3.14. The summed E-state index contributed by atoms with van der Waals surface area (Å²) in [6.45, 7) is 18.0. The minimum absolute atomic E-state index is 0. The van der Waals surface area contributed by atoms with Crippen molar-refractivity contribution in [1.29, 1.82) is 0 Å². The Balaban J connectivity index is 0.000000254. The zero-order chi connectivity index (χ0) is 31.2. The summed E-state index contributed by atoms with van der Waals surface area (Å²) in [4.78, 5) is 0. The third kappa shape index (κ3) is 10.5. The van der Waals surface area contributed by atoms with Gasteiger partial charge in [-0.1, -0.05) is 96.7 Å². The predicted octanol–water partition coefficient (Wildman–Crippen LogP) is 5.45. The van der Waals surface area contributed by atoms with E-state index in [0.29, 0.717) is 5.92 Å². The monoisotopic (exact) mass is 710 g/mol. The molecule has 0 fully saturated rings. The normalized spacial score (nSPS) is 12.4. The van der Waals surface area contributed by atoms with Crippen LogP contribution in [0.1, 0.15) is 84.1 Å². The van der Waals surface area contributed by atoms with Gasteiger partial charge in [0.2, 0.25) is 0 Å². The molecule has 0 bridgehead atoms. The van der Waals surface area contributed by atoms with Crippen molar-refractivity contribution in [2.45, 2.75) is 72.6 Å². The van der Waals surface area contributed by atoms with E-state index in [1.54, 1.807) is 0 Å². The molecule has 1 aliphatic rings. The Hall–Kier alpha value is -2.44. The van der Waals surface area contributed by atoms with Crippen LogP contribution in [0.25, 0.3) is 21.5 Å². The molecule has 1 aliphatic carbocycles. The molecular weight excluding hydrogens is 667 g/mol. The first-order valence-electron chi connectivity index (χ1n) is 15.4. The molecule has 0 aliphatic heterocycles.